The van der Waals surface area contributed by atoms with Crippen molar-refractivity contribution < 1.29 is 30.6 Å². The molecule has 0 atom stereocenters. The van der Waals surface area contributed by atoms with Crippen LogP contribution in [0.25, 0.3) is 11.0 Å². The maximum absolute atomic E-state index is 13.9. The van der Waals surface area contributed by atoms with Crippen LogP contribution < -0.4 is 4.72 Å². The highest BCUT2D eigenvalue weighted by Crippen LogP contribution is 2.30. The SMILES string of the molecule is C.O=[N+]([O-])c1cccc(CS(=O)(=O)c2ccc(F)cc2NS(=O)(=O)c2cc3ccccc3o2)c1. The Morgan fingerprint density at radius 3 is 2.38 bits per heavy atom. The number of benzene rings is 3. The minimum Gasteiger partial charge on any atom is -0.443 e. The van der Waals surface area contributed by atoms with Crippen molar-refractivity contribution in [1.29, 1.82) is 0 Å². The van der Waals surface area contributed by atoms with E-state index in [9.17, 15) is 31.3 Å². The number of nitrogens with zero attached hydrogens (tertiary/aromatic N) is 1. The minimum atomic E-state index is -4.40. The molecule has 0 spiro atoms. The van der Waals surface area contributed by atoms with Crippen LogP contribution in [0.2, 0.25) is 0 Å². The lowest BCUT2D eigenvalue weighted by atomic mass is 10.2. The maximum atomic E-state index is 13.9. The number of sulfonamides is 1. The molecule has 9 nitrogen and oxygen atoms in total. The summed E-state index contributed by atoms with van der Waals surface area (Å²) in [6, 6.07) is 15.4. The third kappa shape index (κ3) is 5.07. The number of anilines is 1. The van der Waals surface area contributed by atoms with E-state index in [1.807, 2.05) is 0 Å². The molecule has 34 heavy (non-hydrogen) atoms. The van der Waals surface area contributed by atoms with E-state index in [1.165, 1.54) is 24.3 Å². The predicted octanol–water partition coefficient (Wildman–Crippen LogP) is 4.89. The van der Waals surface area contributed by atoms with Crippen molar-refractivity contribution >= 4 is 42.2 Å². The minimum absolute atomic E-state index is 0. The Balaban J connectivity index is 0.00000324. The standard InChI is InChI=1S/C21H15FN2O7S2.CH4/c22-16-8-9-20(32(27,28)13-14-4-3-6-17(10-14)24(25)26)18(12-16)23-33(29,30)21-11-15-5-1-2-7-19(15)31-21;/h1-12,23H,13H2;1H4. The summed E-state index contributed by atoms with van der Waals surface area (Å²) < 4.78 is 73.1. The molecule has 0 aliphatic heterocycles. The fourth-order valence-corrected chi connectivity index (χ4v) is 5.79. The highest BCUT2D eigenvalue weighted by Gasteiger charge is 2.26. The van der Waals surface area contributed by atoms with Crippen LogP contribution in [-0.4, -0.2) is 21.8 Å². The molecule has 178 valence electrons. The smallest absolute Gasteiger partial charge is 0.295 e. The second kappa shape index (κ2) is 9.23. The lowest BCUT2D eigenvalue weighted by Gasteiger charge is -2.12. The van der Waals surface area contributed by atoms with Crippen molar-refractivity contribution in [2.45, 2.75) is 23.2 Å². The Morgan fingerprint density at radius 2 is 1.68 bits per heavy atom. The number of sulfone groups is 1. The molecule has 0 amide bonds. The molecular formula is C22H19FN2O7S2. The Morgan fingerprint density at radius 1 is 0.941 bits per heavy atom. The zero-order valence-corrected chi connectivity index (χ0v) is 18.3. The van der Waals surface area contributed by atoms with Gasteiger partial charge >= 0.3 is 0 Å². The van der Waals surface area contributed by atoms with Crippen molar-refractivity contribution in [2.24, 2.45) is 0 Å². The largest absolute Gasteiger partial charge is 0.443 e. The highest BCUT2D eigenvalue weighted by atomic mass is 32.2. The quantitative estimate of drug-likeness (QED) is 0.214. The van der Waals surface area contributed by atoms with Gasteiger partial charge in [-0.1, -0.05) is 37.8 Å². The van der Waals surface area contributed by atoms with Crippen LogP contribution >= 0.6 is 0 Å². The van der Waals surface area contributed by atoms with Gasteiger partial charge in [0, 0.05) is 23.6 Å². The van der Waals surface area contributed by atoms with Crippen LogP contribution in [0.1, 0.15) is 13.0 Å². The Hall–Kier alpha value is -3.77. The number of para-hydroxylation sites is 1. The van der Waals surface area contributed by atoms with Gasteiger partial charge in [-0.3, -0.25) is 14.8 Å². The van der Waals surface area contributed by atoms with Gasteiger partial charge in [0.25, 0.3) is 15.7 Å². The van der Waals surface area contributed by atoms with Crippen LogP contribution in [0.5, 0.6) is 0 Å². The summed E-state index contributed by atoms with van der Waals surface area (Å²) in [7, 11) is -8.63. The van der Waals surface area contributed by atoms with Gasteiger partial charge in [-0.05, 0) is 29.8 Å². The Kier molecular flexibility index (Phi) is 6.75. The average molecular weight is 507 g/mol. The van der Waals surface area contributed by atoms with Crippen LogP contribution in [0, 0.1) is 15.9 Å². The first-order valence-electron chi connectivity index (χ1n) is 9.32. The van der Waals surface area contributed by atoms with Crippen LogP contribution in [0.3, 0.4) is 0 Å². The fraction of sp³-hybridized carbons (Fsp3) is 0.0909. The van der Waals surface area contributed by atoms with Crippen molar-refractivity contribution in [3.63, 3.8) is 0 Å². The predicted molar refractivity (Wildman–Crippen MR) is 124 cm³/mol. The van der Waals surface area contributed by atoms with Gasteiger partial charge in [0.15, 0.2) is 9.84 Å². The van der Waals surface area contributed by atoms with Crippen molar-refractivity contribution in [3.8, 4) is 0 Å². The number of fused-ring (bicyclic) bond motifs is 1. The number of rotatable bonds is 7. The van der Waals surface area contributed by atoms with Gasteiger partial charge in [-0.25, -0.2) is 12.8 Å². The lowest BCUT2D eigenvalue weighted by molar-refractivity contribution is -0.384. The summed E-state index contributed by atoms with van der Waals surface area (Å²) in [6.07, 6.45) is 0. The van der Waals surface area contributed by atoms with E-state index in [1.54, 1.807) is 24.3 Å². The van der Waals surface area contributed by atoms with Crippen molar-refractivity contribution in [3.05, 3.63) is 94.3 Å². The third-order valence-electron chi connectivity index (χ3n) is 4.67. The molecule has 4 rings (SSSR count). The second-order valence-corrected chi connectivity index (χ2v) is 10.6. The van der Waals surface area contributed by atoms with E-state index in [2.05, 4.69) is 4.72 Å². The van der Waals surface area contributed by atoms with Gasteiger partial charge in [0.2, 0.25) is 5.09 Å². The van der Waals surface area contributed by atoms with Gasteiger partial charge in [0.05, 0.1) is 21.3 Å². The molecule has 0 aliphatic rings. The van der Waals surface area contributed by atoms with E-state index in [0.29, 0.717) is 11.0 Å². The number of nitrogens with one attached hydrogen (secondary N) is 1. The van der Waals surface area contributed by atoms with E-state index < -0.39 is 52.0 Å². The molecule has 0 fully saturated rings. The molecular weight excluding hydrogens is 487 g/mol. The van der Waals surface area contributed by atoms with E-state index in [4.69, 9.17) is 4.42 Å². The summed E-state index contributed by atoms with van der Waals surface area (Å²) >= 11 is 0. The van der Waals surface area contributed by atoms with E-state index in [0.717, 1.165) is 24.3 Å². The Labute approximate surface area is 195 Å². The topological polar surface area (TPSA) is 137 Å². The highest BCUT2D eigenvalue weighted by molar-refractivity contribution is 7.93. The van der Waals surface area contributed by atoms with Crippen LogP contribution in [0.15, 0.2) is 87.2 Å². The van der Waals surface area contributed by atoms with Gasteiger partial charge in [0.1, 0.15) is 11.4 Å². The zero-order valence-electron chi connectivity index (χ0n) is 16.6. The monoisotopic (exact) mass is 506 g/mol. The van der Waals surface area contributed by atoms with E-state index in [-0.39, 0.29) is 18.7 Å². The summed E-state index contributed by atoms with van der Waals surface area (Å²) in [4.78, 5) is 9.81. The Bertz CT molecular complexity index is 1560. The number of non-ortho nitro benzene ring substituents is 1. The molecule has 0 aliphatic carbocycles. The number of hydrogen-bond donors (Lipinski definition) is 1. The molecule has 1 N–H and O–H groups in total. The molecule has 0 radical (unpaired) electrons. The molecule has 0 unspecified atom stereocenters. The molecule has 0 bridgehead atoms. The fourth-order valence-electron chi connectivity index (χ4n) is 3.20. The number of nitro groups is 1. The summed E-state index contributed by atoms with van der Waals surface area (Å²) in [5.41, 5.74) is -0.399. The molecule has 0 saturated carbocycles. The maximum Gasteiger partial charge on any atom is 0.295 e. The van der Waals surface area contributed by atoms with Crippen LogP contribution in [0.4, 0.5) is 15.8 Å². The van der Waals surface area contributed by atoms with Gasteiger partial charge in [-0.15, -0.1) is 0 Å². The summed E-state index contributed by atoms with van der Waals surface area (Å²) in [6.45, 7) is 0. The first-order valence-corrected chi connectivity index (χ1v) is 12.5. The summed E-state index contributed by atoms with van der Waals surface area (Å²) in [5, 5.41) is 11.0. The number of hydrogen-bond acceptors (Lipinski definition) is 7. The van der Waals surface area contributed by atoms with Crippen molar-refractivity contribution in [2.75, 3.05) is 4.72 Å². The molecule has 0 saturated heterocycles. The number of furan rings is 1. The molecule has 1 heterocycles. The summed E-state index contributed by atoms with van der Waals surface area (Å²) in [5.74, 6) is -1.54. The second-order valence-electron chi connectivity index (χ2n) is 7.04. The lowest BCUT2D eigenvalue weighted by Crippen LogP contribution is -2.16. The first-order chi connectivity index (χ1) is 15.5. The molecule has 1 aromatic heterocycles. The van der Waals surface area contributed by atoms with Crippen LogP contribution in [-0.2, 0) is 25.6 Å². The zero-order chi connectivity index (χ0) is 23.8. The van der Waals surface area contributed by atoms with Gasteiger partial charge in [-0.2, -0.15) is 8.42 Å². The normalized spacial score (nSPS) is 11.7. The van der Waals surface area contributed by atoms with Crippen molar-refractivity contribution in [1.82, 2.24) is 0 Å². The number of nitro benzene ring substituents is 1. The molecule has 4 aromatic rings. The number of halogens is 1. The first kappa shape index (κ1) is 24.9. The average Bonchev–Trinajstić information content (AvgIpc) is 3.18. The molecule has 3 aromatic carbocycles. The third-order valence-corrected chi connectivity index (χ3v) is 7.63. The van der Waals surface area contributed by atoms with E-state index >= 15 is 0 Å². The molecule has 12 heteroatoms. The van der Waals surface area contributed by atoms with Gasteiger partial charge < -0.3 is 4.42 Å².